The van der Waals surface area contributed by atoms with Crippen molar-refractivity contribution in [2.24, 2.45) is 22.7 Å². The normalized spacial score (nSPS) is 52.9. The smallest absolute Gasteiger partial charge is 0.0287 e. The van der Waals surface area contributed by atoms with E-state index >= 15 is 0 Å². The molecule has 2 spiro atoms. The lowest BCUT2D eigenvalue weighted by molar-refractivity contribution is -0.0988. The van der Waals surface area contributed by atoms with Crippen molar-refractivity contribution >= 4 is 0 Å². The Labute approximate surface area is 101 Å². The van der Waals surface area contributed by atoms with Gasteiger partial charge in [0.1, 0.15) is 0 Å². The first-order chi connectivity index (χ1) is 7.62. The fourth-order valence-electron chi connectivity index (χ4n) is 5.00. The molecule has 0 aromatic carbocycles. The minimum Gasteiger partial charge on any atom is -0.0625 e. The molecule has 3 aliphatic rings. The van der Waals surface area contributed by atoms with Crippen molar-refractivity contribution in [3.63, 3.8) is 0 Å². The molecule has 3 aliphatic carbocycles. The van der Waals surface area contributed by atoms with Crippen LogP contribution in [0, 0.1) is 22.7 Å². The fourth-order valence-corrected chi connectivity index (χ4v) is 5.00. The second kappa shape index (κ2) is 3.75. The van der Waals surface area contributed by atoms with Gasteiger partial charge in [0.25, 0.3) is 0 Å². The standard InChI is InChI=1S/C16H28/c1-13-3-7-15(8-4-13)11-16(12-15)9-5-14(2)6-10-16/h13-14H,3-12H2,1-2H3. The van der Waals surface area contributed by atoms with Gasteiger partial charge >= 0.3 is 0 Å². The van der Waals surface area contributed by atoms with Crippen LogP contribution in [0.3, 0.4) is 0 Å². The summed E-state index contributed by atoms with van der Waals surface area (Å²) in [5, 5.41) is 0. The van der Waals surface area contributed by atoms with Gasteiger partial charge in [-0.2, -0.15) is 0 Å². The molecule has 0 aromatic rings. The zero-order valence-electron chi connectivity index (χ0n) is 11.2. The van der Waals surface area contributed by atoms with E-state index in [0.717, 1.165) is 22.7 Å². The van der Waals surface area contributed by atoms with E-state index in [-0.39, 0.29) is 0 Å². The van der Waals surface area contributed by atoms with Gasteiger partial charge in [-0.25, -0.2) is 0 Å². The van der Waals surface area contributed by atoms with Crippen molar-refractivity contribution in [1.29, 1.82) is 0 Å². The quantitative estimate of drug-likeness (QED) is 0.528. The van der Waals surface area contributed by atoms with Gasteiger partial charge in [0.2, 0.25) is 0 Å². The molecule has 0 N–H and O–H groups in total. The average molecular weight is 220 g/mol. The molecular formula is C16H28. The Bertz CT molecular complexity index is 213. The second-order valence-corrected chi connectivity index (χ2v) is 7.72. The summed E-state index contributed by atoms with van der Waals surface area (Å²) in [6.07, 6.45) is 15.5. The van der Waals surface area contributed by atoms with Gasteiger partial charge in [0.05, 0.1) is 0 Å². The highest BCUT2D eigenvalue weighted by atomic mass is 14.6. The second-order valence-electron chi connectivity index (χ2n) is 7.72. The summed E-state index contributed by atoms with van der Waals surface area (Å²) in [5.41, 5.74) is 1.68. The van der Waals surface area contributed by atoms with Crippen LogP contribution in [-0.4, -0.2) is 0 Å². The molecule has 92 valence electrons. The lowest BCUT2D eigenvalue weighted by atomic mass is 9.44. The molecule has 0 saturated heterocycles. The molecule has 3 fully saturated rings. The lowest BCUT2D eigenvalue weighted by Gasteiger charge is -2.61. The van der Waals surface area contributed by atoms with Gasteiger partial charge in [-0.15, -0.1) is 0 Å². The van der Waals surface area contributed by atoms with Gasteiger partial charge in [0, 0.05) is 0 Å². The molecule has 0 atom stereocenters. The van der Waals surface area contributed by atoms with Gasteiger partial charge in [-0.3, -0.25) is 0 Å². The predicted molar refractivity (Wildman–Crippen MR) is 69.4 cm³/mol. The first kappa shape index (κ1) is 11.1. The largest absolute Gasteiger partial charge is 0.0625 e. The topological polar surface area (TPSA) is 0 Å². The highest BCUT2D eigenvalue weighted by Gasteiger charge is 2.54. The van der Waals surface area contributed by atoms with Crippen LogP contribution in [0.15, 0.2) is 0 Å². The van der Waals surface area contributed by atoms with Gasteiger partial charge in [-0.05, 0) is 61.2 Å². The van der Waals surface area contributed by atoms with Crippen molar-refractivity contribution in [3.8, 4) is 0 Å². The van der Waals surface area contributed by atoms with Crippen LogP contribution in [0.2, 0.25) is 0 Å². The molecular weight excluding hydrogens is 192 g/mol. The first-order valence-electron chi connectivity index (χ1n) is 7.62. The Morgan fingerprint density at radius 2 is 0.938 bits per heavy atom. The first-order valence-corrected chi connectivity index (χ1v) is 7.62. The van der Waals surface area contributed by atoms with Crippen molar-refractivity contribution in [2.75, 3.05) is 0 Å². The van der Waals surface area contributed by atoms with Gasteiger partial charge in [-0.1, -0.05) is 39.5 Å². The van der Waals surface area contributed by atoms with E-state index in [1.165, 1.54) is 25.7 Å². The van der Waals surface area contributed by atoms with E-state index < -0.39 is 0 Å². The number of hydrogen-bond donors (Lipinski definition) is 0. The SMILES string of the molecule is CC1CCC2(CC1)CC1(CCC(C)CC1)C2. The monoisotopic (exact) mass is 220 g/mol. The molecule has 0 aromatic heterocycles. The molecule has 0 bridgehead atoms. The maximum absolute atomic E-state index is 2.45. The molecule has 0 amide bonds. The summed E-state index contributed by atoms with van der Waals surface area (Å²) >= 11 is 0. The summed E-state index contributed by atoms with van der Waals surface area (Å²) in [5.74, 6) is 2.04. The molecule has 0 radical (unpaired) electrons. The molecule has 3 saturated carbocycles. The summed E-state index contributed by atoms with van der Waals surface area (Å²) in [6, 6.07) is 0. The zero-order valence-corrected chi connectivity index (χ0v) is 11.2. The highest BCUT2D eigenvalue weighted by molar-refractivity contribution is 5.05. The van der Waals surface area contributed by atoms with Gasteiger partial charge in [0.15, 0.2) is 0 Å². The molecule has 0 aliphatic heterocycles. The summed E-state index contributed by atoms with van der Waals surface area (Å²) in [6.45, 7) is 4.90. The van der Waals surface area contributed by atoms with E-state index in [2.05, 4.69) is 13.8 Å². The molecule has 3 rings (SSSR count). The molecule has 0 heteroatoms. The summed E-state index contributed by atoms with van der Waals surface area (Å²) < 4.78 is 0. The maximum Gasteiger partial charge on any atom is -0.0287 e. The van der Waals surface area contributed by atoms with Crippen LogP contribution in [0.25, 0.3) is 0 Å². The van der Waals surface area contributed by atoms with Crippen LogP contribution in [0.5, 0.6) is 0 Å². The van der Waals surface area contributed by atoms with E-state index in [0.29, 0.717) is 0 Å². The molecule has 0 heterocycles. The fraction of sp³-hybridized carbons (Fsp3) is 1.00. The van der Waals surface area contributed by atoms with Crippen LogP contribution >= 0.6 is 0 Å². The number of hydrogen-bond acceptors (Lipinski definition) is 0. The Kier molecular flexibility index (Phi) is 2.60. The predicted octanol–water partition coefficient (Wildman–Crippen LogP) is 5.17. The lowest BCUT2D eigenvalue weighted by Crippen LogP contribution is -2.49. The Balaban J connectivity index is 1.57. The van der Waals surface area contributed by atoms with Crippen molar-refractivity contribution in [3.05, 3.63) is 0 Å². The van der Waals surface area contributed by atoms with Crippen LogP contribution < -0.4 is 0 Å². The highest BCUT2D eigenvalue weighted by Crippen LogP contribution is 2.66. The van der Waals surface area contributed by atoms with E-state index in [9.17, 15) is 0 Å². The van der Waals surface area contributed by atoms with E-state index in [1.807, 2.05) is 0 Å². The zero-order chi connectivity index (χ0) is 11.2. The van der Waals surface area contributed by atoms with Crippen molar-refractivity contribution < 1.29 is 0 Å². The molecule has 0 nitrogen and oxygen atoms in total. The Morgan fingerprint density at radius 1 is 0.625 bits per heavy atom. The summed E-state index contributed by atoms with van der Waals surface area (Å²) in [7, 11) is 0. The molecule has 0 unspecified atom stereocenters. The maximum atomic E-state index is 2.45. The van der Waals surface area contributed by atoms with E-state index in [1.54, 1.807) is 38.5 Å². The average Bonchev–Trinajstić information content (AvgIpc) is 2.24. The minimum absolute atomic E-state index is 0.840. The third-order valence-electron chi connectivity index (χ3n) is 6.17. The minimum atomic E-state index is 0.840. The van der Waals surface area contributed by atoms with Crippen molar-refractivity contribution in [1.82, 2.24) is 0 Å². The van der Waals surface area contributed by atoms with Crippen LogP contribution in [0.1, 0.15) is 78.1 Å². The van der Waals surface area contributed by atoms with Gasteiger partial charge < -0.3 is 0 Å². The third-order valence-corrected chi connectivity index (χ3v) is 6.17. The van der Waals surface area contributed by atoms with Crippen LogP contribution in [-0.2, 0) is 0 Å². The molecule has 16 heavy (non-hydrogen) atoms. The third kappa shape index (κ3) is 1.83. The van der Waals surface area contributed by atoms with E-state index in [4.69, 9.17) is 0 Å². The Hall–Kier alpha value is 0. The van der Waals surface area contributed by atoms with Crippen molar-refractivity contribution in [2.45, 2.75) is 78.1 Å². The Morgan fingerprint density at radius 3 is 1.25 bits per heavy atom. The van der Waals surface area contributed by atoms with Crippen LogP contribution in [0.4, 0.5) is 0 Å². The summed E-state index contributed by atoms with van der Waals surface area (Å²) in [4.78, 5) is 0. The number of rotatable bonds is 0.